The molecule has 1 aromatic heterocycles. The molecule has 0 N–H and O–H groups in total. The van der Waals surface area contributed by atoms with Crippen molar-refractivity contribution in [3.05, 3.63) is 70.5 Å². The van der Waals surface area contributed by atoms with Gasteiger partial charge >= 0.3 is 0 Å². The molecule has 0 bridgehead atoms. The summed E-state index contributed by atoms with van der Waals surface area (Å²) in [5.74, 6) is 1.58. The van der Waals surface area contributed by atoms with Crippen molar-refractivity contribution in [1.29, 1.82) is 0 Å². The molecular formula is C20H18BrN3OS. The molecule has 1 heterocycles. The number of hydrogen-bond acceptors (Lipinski definition) is 4. The monoisotopic (exact) mass is 427 g/mol. The third kappa shape index (κ3) is 3.62. The summed E-state index contributed by atoms with van der Waals surface area (Å²) < 4.78 is 3.07. The number of Topliss-reactive ketones (excluding diaryl/α,β-unsaturated/α-hetero) is 1. The van der Waals surface area contributed by atoms with Gasteiger partial charge < -0.3 is 0 Å². The molecule has 4 rings (SSSR count). The molecule has 1 saturated carbocycles. The standard InChI is InChI=1S/C20H18BrN3OS/c1-13(18(25)14-9-11-16(21)12-10-14)26-20-23-22-19(15-7-8-15)24(20)17-5-3-2-4-6-17/h2-6,9-13,15H,7-8H2,1H3/t13-/m1/s1. The quantitative estimate of drug-likeness (QED) is 0.397. The van der Waals surface area contributed by atoms with Crippen LogP contribution in [0.5, 0.6) is 0 Å². The Hall–Kier alpha value is -1.92. The fourth-order valence-corrected chi connectivity index (χ4v) is 4.06. The van der Waals surface area contributed by atoms with Crippen molar-refractivity contribution in [3.8, 4) is 5.69 Å². The Balaban J connectivity index is 1.62. The maximum Gasteiger partial charge on any atom is 0.196 e. The zero-order valence-electron chi connectivity index (χ0n) is 14.3. The van der Waals surface area contributed by atoms with Crippen molar-refractivity contribution in [1.82, 2.24) is 14.8 Å². The molecule has 1 atom stereocenters. The van der Waals surface area contributed by atoms with Gasteiger partial charge in [0.05, 0.1) is 5.25 Å². The van der Waals surface area contributed by atoms with Crippen molar-refractivity contribution in [2.45, 2.75) is 36.1 Å². The van der Waals surface area contributed by atoms with E-state index < -0.39 is 0 Å². The van der Waals surface area contributed by atoms with E-state index in [2.05, 4.69) is 42.8 Å². The number of thioether (sulfide) groups is 1. The molecule has 4 nitrogen and oxygen atoms in total. The van der Waals surface area contributed by atoms with Crippen LogP contribution in [0.15, 0.2) is 64.2 Å². The Labute approximate surface area is 165 Å². The highest BCUT2D eigenvalue weighted by molar-refractivity contribution is 9.10. The van der Waals surface area contributed by atoms with Crippen molar-refractivity contribution >= 4 is 33.5 Å². The molecule has 2 aromatic carbocycles. The van der Waals surface area contributed by atoms with Gasteiger partial charge in [-0.05, 0) is 44.0 Å². The van der Waals surface area contributed by atoms with Crippen LogP contribution in [0.2, 0.25) is 0 Å². The van der Waals surface area contributed by atoms with Crippen LogP contribution in [0.3, 0.4) is 0 Å². The average Bonchev–Trinajstić information content (AvgIpc) is 3.43. The lowest BCUT2D eigenvalue weighted by Crippen LogP contribution is -2.14. The summed E-state index contributed by atoms with van der Waals surface area (Å²) >= 11 is 4.87. The predicted molar refractivity (Wildman–Crippen MR) is 107 cm³/mol. The van der Waals surface area contributed by atoms with Gasteiger partial charge in [-0.1, -0.05) is 58.0 Å². The van der Waals surface area contributed by atoms with Crippen LogP contribution in [-0.2, 0) is 0 Å². The summed E-state index contributed by atoms with van der Waals surface area (Å²) in [6.07, 6.45) is 2.31. The molecule has 0 unspecified atom stereocenters. The van der Waals surface area contributed by atoms with E-state index in [1.165, 1.54) is 11.8 Å². The SMILES string of the molecule is C[C@@H](Sc1nnc(C2CC2)n1-c1ccccc1)C(=O)c1ccc(Br)cc1. The second kappa shape index (κ2) is 7.37. The highest BCUT2D eigenvalue weighted by Gasteiger charge is 2.32. The van der Waals surface area contributed by atoms with Gasteiger partial charge in [-0.2, -0.15) is 0 Å². The van der Waals surface area contributed by atoms with Crippen LogP contribution in [0.1, 0.15) is 41.9 Å². The summed E-state index contributed by atoms with van der Waals surface area (Å²) in [5, 5.41) is 9.36. The number of ketones is 1. The number of para-hydroxylation sites is 1. The minimum Gasteiger partial charge on any atom is -0.293 e. The van der Waals surface area contributed by atoms with E-state index in [0.29, 0.717) is 11.5 Å². The summed E-state index contributed by atoms with van der Waals surface area (Å²) in [5.41, 5.74) is 1.76. The zero-order valence-corrected chi connectivity index (χ0v) is 16.7. The molecule has 0 amide bonds. The average molecular weight is 428 g/mol. The van der Waals surface area contributed by atoms with E-state index in [1.807, 2.05) is 49.4 Å². The van der Waals surface area contributed by atoms with Gasteiger partial charge in [-0.25, -0.2) is 0 Å². The maximum atomic E-state index is 12.8. The number of carbonyl (C=O) groups excluding carboxylic acids is 1. The lowest BCUT2D eigenvalue weighted by Gasteiger charge is -2.13. The van der Waals surface area contributed by atoms with Crippen LogP contribution >= 0.6 is 27.7 Å². The largest absolute Gasteiger partial charge is 0.293 e. The Kier molecular flexibility index (Phi) is 4.96. The first-order valence-electron chi connectivity index (χ1n) is 8.60. The number of halogens is 1. The van der Waals surface area contributed by atoms with Gasteiger partial charge in [0.1, 0.15) is 5.82 Å². The number of hydrogen-bond donors (Lipinski definition) is 0. The van der Waals surface area contributed by atoms with Crippen LogP contribution in [0.4, 0.5) is 0 Å². The third-order valence-corrected chi connectivity index (χ3v) is 5.97. The van der Waals surface area contributed by atoms with E-state index in [1.54, 1.807) is 0 Å². The first-order valence-corrected chi connectivity index (χ1v) is 10.3. The van der Waals surface area contributed by atoms with E-state index in [0.717, 1.165) is 34.0 Å². The van der Waals surface area contributed by atoms with Crippen molar-refractivity contribution in [3.63, 3.8) is 0 Å². The number of rotatable bonds is 6. The highest BCUT2D eigenvalue weighted by Crippen LogP contribution is 2.41. The van der Waals surface area contributed by atoms with E-state index in [9.17, 15) is 4.79 Å². The van der Waals surface area contributed by atoms with Gasteiger partial charge in [-0.15, -0.1) is 10.2 Å². The van der Waals surface area contributed by atoms with Crippen LogP contribution in [-0.4, -0.2) is 25.8 Å². The molecule has 1 aliphatic carbocycles. The summed E-state index contributed by atoms with van der Waals surface area (Å²) in [6.45, 7) is 1.93. The number of benzene rings is 2. The van der Waals surface area contributed by atoms with Gasteiger partial charge in [-0.3, -0.25) is 9.36 Å². The third-order valence-electron chi connectivity index (χ3n) is 4.40. The highest BCUT2D eigenvalue weighted by atomic mass is 79.9. The number of carbonyl (C=O) groups is 1. The van der Waals surface area contributed by atoms with E-state index in [-0.39, 0.29) is 11.0 Å². The second-order valence-electron chi connectivity index (χ2n) is 6.42. The first-order chi connectivity index (χ1) is 12.6. The lowest BCUT2D eigenvalue weighted by molar-refractivity contribution is 0.0994. The Morgan fingerprint density at radius 2 is 1.81 bits per heavy atom. The molecular weight excluding hydrogens is 410 g/mol. The van der Waals surface area contributed by atoms with Crippen molar-refractivity contribution in [2.24, 2.45) is 0 Å². The Morgan fingerprint density at radius 3 is 2.46 bits per heavy atom. The van der Waals surface area contributed by atoms with Gasteiger partial charge in [0.25, 0.3) is 0 Å². The summed E-state index contributed by atoms with van der Waals surface area (Å²) in [4.78, 5) is 12.8. The minimum absolute atomic E-state index is 0.0954. The smallest absolute Gasteiger partial charge is 0.196 e. The van der Waals surface area contributed by atoms with Crippen LogP contribution in [0.25, 0.3) is 5.69 Å². The molecule has 6 heteroatoms. The Morgan fingerprint density at radius 1 is 1.12 bits per heavy atom. The molecule has 1 aliphatic rings. The molecule has 1 fully saturated rings. The second-order valence-corrected chi connectivity index (χ2v) is 8.64. The normalized spacial score (nSPS) is 15.0. The molecule has 0 radical (unpaired) electrons. The minimum atomic E-state index is -0.241. The molecule has 132 valence electrons. The fourth-order valence-electron chi connectivity index (χ4n) is 2.84. The number of nitrogens with zero attached hydrogens (tertiary/aromatic N) is 3. The maximum absolute atomic E-state index is 12.8. The van der Waals surface area contributed by atoms with Crippen molar-refractivity contribution < 1.29 is 4.79 Å². The predicted octanol–water partition coefficient (Wildman–Crippen LogP) is 5.27. The number of aromatic nitrogens is 3. The fraction of sp³-hybridized carbons (Fsp3) is 0.250. The van der Waals surface area contributed by atoms with E-state index >= 15 is 0 Å². The van der Waals surface area contributed by atoms with E-state index in [4.69, 9.17) is 0 Å². The summed E-state index contributed by atoms with van der Waals surface area (Å²) in [7, 11) is 0. The van der Waals surface area contributed by atoms with Gasteiger partial charge in [0, 0.05) is 21.6 Å². The molecule has 0 saturated heterocycles. The molecule has 0 aliphatic heterocycles. The topological polar surface area (TPSA) is 47.8 Å². The molecule has 26 heavy (non-hydrogen) atoms. The Bertz CT molecular complexity index is 920. The van der Waals surface area contributed by atoms with Crippen LogP contribution in [0, 0.1) is 0 Å². The van der Waals surface area contributed by atoms with Gasteiger partial charge in [0.15, 0.2) is 10.9 Å². The summed E-state index contributed by atoms with van der Waals surface area (Å²) in [6, 6.07) is 17.6. The van der Waals surface area contributed by atoms with Crippen LogP contribution < -0.4 is 0 Å². The molecule has 3 aromatic rings. The van der Waals surface area contributed by atoms with Crippen molar-refractivity contribution in [2.75, 3.05) is 0 Å². The molecule has 0 spiro atoms. The van der Waals surface area contributed by atoms with Gasteiger partial charge in [0.2, 0.25) is 0 Å². The zero-order chi connectivity index (χ0) is 18.1. The first kappa shape index (κ1) is 17.5. The lowest BCUT2D eigenvalue weighted by atomic mass is 10.1.